The number of nitrogens with one attached hydrogen (secondary N) is 1. The third-order valence-electron chi connectivity index (χ3n) is 3.28. The number of aryl methyl sites for hydroxylation is 1. The van der Waals surface area contributed by atoms with E-state index in [0.29, 0.717) is 16.3 Å². The minimum atomic E-state index is -0.224. The summed E-state index contributed by atoms with van der Waals surface area (Å²) in [5.74, 6) is -0.224. The molecule has 1 atom stereocenters. The van der Waals surface area contributed by atoms with Gasteiger partial charge in [0.25, 0.3) is 5.91 Å². The fourth-order valence-corrected chi connectivity index (χ4v) is 2.36. The quantitative estimate of drug-likeness (QED) is 0.846. The van der Waals surface area contributed by atoms with Crippen LogP contribution in [0.3, 0.4) is 0 Å². The Morgan fingerprint density at radius 1 is 1.20 bits per heavy atom. The number of hydrogen-bond donors (Lipinski definition) is 2. The fourth-order valence-electron chi connectivity index (χ4n) is 2.15. The number of hydrogen-bond acceptors (Lipinski definition) is 2. The smallest absolute Gasteiger partial charge is 0.253 e. The van der Waals surface area contributed by atoms with Crippen LogP contribution in [0.2, 0.25) is 5.02 Å². The minimum absolute atomic E-state index is 0.0961. The Morgan fingerprint density at radius 3 is 2.60 bits per heavy atom. The molecule has 0 aromatic heterocycles. The van der Waals surface area contributed by atoms with Gasteiger partial charge in [-0.25, -0.2) is 0 Å². The van der Waals surface area contributed by atoms with Gasteiger partial charge >= 0.3 is 0 Å². The first-order valence-electron chi connectivity index (χ1n) is 6.41. The van der Waals surface area contributed by atoms with Gasteiger partial charge in [-0.1, -0.05) is 41.9 Å². The monoisotopic (exact) mass is 288 g/mol. The molecule has 2 aromatic carbocycles. The number of nitrogens with two attached hydrogens (primary N) is 1. The third kappa shape index (κ3) is 2.94. The molecule has 3 nitrogen and oxygen atoms in total. The first-order valence-corrected chi connectivity index (χ1v) is 6.79. The summed E-state index contributed by atoms with van der Waals surface area (Å²) >= 11 is 6.06. The zero-order chi connectivity index (χ0) is 14.7. The molecule has 0 saturated carbocycles. The predicted octanol–water partition coefficient (Wildman–Crippen LogP) is 3.72. The zero-order valence-corrected chi connectivity index (χ0v) is 12.2. The lowest BCUT2D eigenvalue weighted by Gasteiger charge is -2.17. The number of rotatable bonds is 3. The van der Waals surface area contributed by atoms with E-state index < -0.39 is 0 Å². The van der Waals surface area contributed by atoms with Crippen LogP contribution in [0.25, 0.3) is 0 Å². The Balaban J connectivity index is 2.20. The lowest BCUT2D eigenvalue weighted by atomic mass is 10.0. The first-order chi connectivity index (χ1) is 9.50. The summed E-state index contributed by atoms with van der Waals surface area (Å²) < 4.78 is 0. The van der Waals surface area contributed by atoms with Gasteiger partial charge in [0.05, 0.1) is 22.3 Å². The predicted molar refractivity (Wildman–Crippen MR) is 82.9 cm³/mol. The van der Waals surface area contributed by atoms with E-state index in [-0.39, 0.29) is 11.9 Å². The molecule has 1 unspecified atom stereocenters. The van der Waals surface area contributed by atoms with Crippen LogP contribution in [-0.4, -0.2) is 5.91 Å². The Bertz CT molecular complexity index is 640. The molecule has 20 heavy (non-hydrogen) atoms. The summed E-state index contributed by atoms with van der Waals surface area (Å²) in [6.07, 6.45) is 0. The summed E-state index contributed by atoms with van der Waals surface area (Å²) in [6, 6.07) is 12.9. The van der Waals surface area contributed by atoms with Gasteiger partial charge in [-0.3, -0.25) is 4.79 Å². The van der Waals surface area contributed by atoms with Crippen molar-refractivity contribution < 1.29 is 4.79 Å². The molecule has 104 valence electrons. The molecule has 0 heterocycles. The lowest BCUT2D eigenvalue weighted by Crippen LogP contribution is -2.27. The number of carbonyl (C=O) groups is 1. The minimum Gasteiger partial charge on any atom is -0.398 e. The Hall–Kier alpha value is -2.00. The van der Waals surface area contributed by atoms with Crippen LogP contribution in [0.5, 0.6) is 0 Å². The van der Waals surface area contributed by atoms with Gasteiger partial charge in [0, 0.05) is 0 Å². The van der Waals surface area contributed by atoms with Crippen LogP contribution < -0.4 is 11.1 Å². The van der Waals surface area contributed by atoms with Gasteiger partial charge in [0.1, 0.15) is 0 Å². The second-order valence-corrected chi connectivity index (χ2v) is 5.14. The maximum Gasteiger partial charge on any atom is 0.253 e. The molecule has 0 aliphatic rings. The molecule has 1 amide bonds. The van der Waals surface area contributed by atoms with Crippen molar-refractivity contribution in [1.29, 1.82) is 0 Å². The maximum atomic E-state index is 12.3. The highest BCUT2D eigenvalue weighted by Gasteiger charge is 2.16. The molecular formula is C16H17ClN2O. The maximum absolute atomic E-state index is 12.3. The summed E-state index contributed by atoms with van der Waals surface area (Å²) in [7, 11) is 0. The number of benzene rings is 2. The van der Waals surface area contributed by atoms with Crippen molar-refractivity contribution in [2.24, 2.45) is 0 Å². The lowest BCUT2D eigenvalue weighted by molar-refractivity contribution is 0.0940. The Kier molecular flexibility index (Phi) is 4.30. The number of anilines is 1. The van der Waals surface area contributed by atoms with E-state index in [4.69, 9.17) is 17.3 Å². The second-order valence-electron chi connectivity index (χ2n) is 4.76. The number of halogens is 1. The van der Waals surface area contributed by atoms with Crippen molar-refractivity contribution in [2.45, 2.75) is 19.9 Å². The van der Waals surface area contributed by atoms with E-state index in [1.807, 2.05) is 38.1 Å². The highest BCUT2D eigenvalue weighted by Crippen LogP contribution is 2.24. The summed E-state index contributed by atoms with van der Waals surface area (Å²) in [5, 5.41) is 3.24. The highest BCUT2D eigenvalue weighted by molar-refractivity contribution is 6.36. The number of nitrogen functional groups attached to an aromatic ring is 1. The number of amides is 1. The van der Waals surface area contributed by atoms with Crippen LogP contribution >= 0.6 is 11.6 Å². The van der Waals surface area contributed by atoms with Gasteiger partial charge in [0.15, 0.2) is 0 Å². The van der Waals surface area contributed by atoms with Crippen LogP contribution in [0.15, 0.2) is 42.5 Å². The van der Waals surface area contributed by atoms with E-state index in [0.717, 1.165) is 11.1 Å². The van der Waals surface area contributed by atoms with Crippen LogP contribution in [0.1, 0.15) is 34.5 Å². The largest absolute Gasteiger partial charge is 0.398 e. The van der Waals surface area contributed by atoms with Crippen molar-refractivity contribution in [2.75, 3.05) is 5.73 Å². The zero-order valence-electron chi connectivity index (χ0n) is 11.5. The summed E-state index contributed by atoms with van der Waals surface area (Å²) in [6.45, 7) is 3.96. The van der Waals surface area contributed by atoms with Crippen molar-refractivity contribution in [3.8, 4) is 0 Å². The Labute approximate surface area is 123 Å². The van der Waals surface area contributed by atoms with E-state index >= 15 is 0 Å². The van der Waals surface area contributed by atoms with Crippen LogP contribution in [-0.2, 0) is 0 Å². The molecule has 0 spiro atoms. The summed E-state index contributed by atoms with van der Waals surface area (Å²) in [5.41, 5.74) is 8.74. The molecule has 0 saturated heterocycles. The van der Waals surface area contributed by atoms with Gasteiger partial charge in [-0.15, -0.1) is 0 Å². The molecule has 4 heteroatoms. The topological polar surface area (TPSA) is 55.1 Å². The normalized spacial score (nSPS) is 11.9. The standard InChI is InChI=1S/C16H17ClN2O/c1-10-6-3-4-7-12(10)11(2)19-16(20)13-8-5-9-14(18)15(13)17/h3-9,11H,18H2,1-2H3,(H,19,20). The third-order valence-corrected chi connectivity index (χ3v) is 3.70. The second kappa shape index (κ2) is 5.97. The van der Waals surface area contributed by atoms with Crippen LogP contribution in [0.4, 0.5) is 5.69 Å². The van der Waals surface area contributed by atoms with E-state index in [9.17, 15) is 4.79 Å². The molecule has 0 radical (unpaired) electrons. The molecule has 2 aromatic rings. The Morgan fingerprint density at radius 2 is 1.90 bits per heavy atom. The molecule has 3 N–H and O–H groups in total. The van der Waals surface area contributed by atoms with E-state index in [1.165, 1.54) is 0 Å². The number of carbonyl (C=O) groups excluding carboxylic acids is 1. The average Bonchev–Trinajstić information content (AvgIpc) is 2.42. The van der Waals surface area contributed by atoms with E-state index in [1.54, 1.807) is 18.2 Å². The van der Waals surface area contributed by atoms with Crippen molar-refractivity contribution >= 4 is 23.2 Å². The molecular weight excluding hydrogens is 272 g/mol. The SMILES string of the molecule is Cc1ccccc1C(C)NC(=O)c1cccc(N)c1Cl. The van der Waals surface area contributed by atoms with Gasteiger partial charge in [0.2, 0.25) is 0 Å². The molecule has 0 fully saturated rings. The average molecular weight is 289 g/mol. The van der Waals surface area contributed by atoms with Crippen molar-refractivity contribution in [3.63, 3.8) is 0 Å². The van der Waals surface area contributed by atoms with Gasteiger partial charge in [-0.05, 0) is 37.1 Å². The van der Waals surface area contributed by atoms with Gasteiger partial charge in [-0.2, -0.15) is 0 Å². The molecule has 0 aliphatic heterocycles. The van der Waals surface area contributed by atoms with Crippen molar-refractivity contribution in [3.05, 3.63) is 64.2 Å². The first kappa shape index (κ1) is 14.4. The highest BCUT2D eigenvalue weighted by atomic mass is 35.5. The van der Waals surface area contributed by atoms with Crippen molar-refractivity contribution in [1.82, 2.24) is 5.32 Å². The molecule has 0 bridgehead atoms. The van der Waals surface area contributed by atoms with E-state index in [2.05, 4.69) is 5.32 Å². The fraction of sp³-hybridized carbons (Fsp3) is 0.188. The van der Waals surface area contributed by atoms with Crippen LogP contribution in [0, 0.1) is 6.92 Å². The molecule has 2 rings (SSSR count). The molecule has 0 aliphatic carbocycles. The van der Waals surface area contributed by atoms with Gasteiger partial charge < -0.3 is 11.1 Å². The summed E-state index contributed by atoms with van der Waals surface area (Å²) in [4.78, 5) is 12.3.